The molecule has 0 atom stereocenters. The highest BCUT2D eigenvalue weighted by Gasteiger charge is 2.26. The van der Waals surface area contributed by atoms with Crippen LogP contribution in [0.4, 0.5) is 16.5 Å². The second-order valence-electron chi connectivity index (χ2n) is 4.36. The highest BCUT2D eigenvalue weighted by molar-refractivity contribution is 7.16. The molecule has 7 heteroatoms. The summed E-state index contributed by atoms with van der Waals surface area (Å²) in [6.07, 6.45) is 0. The summed E-state index contributed by atoms with van der Waals surface area (Å²) >= 11 is 1.27. The number of nitrogens with zero attached hydrogens (tertiary/aromatic N) is 2. The number of benzene rings is 1. The molecular formula is C13H11N3O3S. The first-order chi connectivity index (χ1) is 9.56. The van der Waals surface area contributed by atoms with Gasteiger partial charge in [0.25, 0.3) is 0 Å². The molecule has 0 fully saturated rings. The number of hydrogen-bond acceptors (Lipinski definition) is 5. The lowest BCUT2D eigenvalue weighted by atomic mass is 10.2. The molecule has 0 bridgehead atoms. The van der Waals surface area contributed by atoms with E-state index in [1.54, 1.807) is 17.9 Å². The van der Waals surface area contributed by atoms with Crippen molar-refractivity contribution in [3.63, 3.8) is 0 Å². The lowest BCUT2D eigenvalue weighted by Crippen LogP contribution is -2.34. The second-order valence-corrected chi connectivity index (χ2v) is 5.54. The summed E-state index contributed by atoms with van der Waals surface area (Å²) < 4.78 is 0. The molecule has 2 aromatic rings. The fraction of sp³-hybridized carbons (Fsp3) is 0.154. The predicted octanol–water partition coefficient (Wildman–Crippen LogP) is 2.24. The third-order valence-corrected chi connectivity index (χ3v) is 3.98. The van der Waals surface area contributed by atoms with Gasteiger partial charge in [-0.3, -0.25) is 4.79 Å². The molecule has 0 saturated heterocycles. The Kier molecular flexibility index (Phi) is 2.90. The first-order valence-electron chi connectivity index (χ1n) is 5.93. The van der Waals surface area contributed by atoms with Crippen LogP contribution in [-0.4, -0.2) is 28.5 Å². The molecule has 1 aliphatic rings. The van der Waals surface area contributed by atoms with E-state index >= 15 is 0 Å². The van der Waals surface area contributed by atoms with E-state index in [-0.39, 0.29) is 18.1 Å². The third kappa shape index (κ3) is 2.01. The van der Waals surface area contributed by atoms with Gasteiger partial charge in [0, 0.05) is 4.88 Å². The average Bonchev–Trinajstić information content (AvgIpc) is 2.80. The molecule has 6 nitrogen and oxygen atoms in total. The van der Waals surface area contributed by atoms with Crippen LogP contribution in [-0.2, 0) is 4.79 Å². The average molecular weight is 289 g/mol. The van der Waals surface area contributed by atoms with Crippen molar-refractivity contribution in [2.45, 2.75) is 6.92 Å². The van der Waals surface area contributed by atoms with Gasteiger partial charge in [-0.2, -0.15) is 0 Å². The fourth-order valence-corrected chi connectivity index (χ4v) is 3.01. The van der Waals surface area contributed by atoms with Crippen LogP contribution in [0.1, 0.15) is 15.4 Å². The van der Waals surface area contributed by atoms with Gasteiger partial charge in [0.1, 0.15) is 6.54 Å². The number of hydrogen-bond donors (Lipinski definition) is 2. The molecule has 1 aromatic carbocycles. The summed E-state index contributed by atoms with van der Waals surface area (Å²) in [6.45, 7) is 1.84. The van der Waals surface area contributed by atoms with Crippen LogP contribution >= 0.6 is 11.3 Å². The Bertz CT molecular complexity index is 711. The Morgan fingerprint density at radius 3 is 2.90 bits per heavy atom. The van der Waals surface area contributed by atoms with Gasteiger partial charge in [-0.25, -0.2) is 9.78 Å². The summed E-state index contributed by atoms with van der Waals surface area (Å²) in [5, 5.41) is 12.4. The van der Waals surface area contributed by atoms with Crippen LogP contribution in [0.2, 0.25) is 0 Å². The van der Waals surface area contributed by atoms with Crippen LogP contribution in [0.5, 0.6) is 0 Å². The largest absolute Gasteiger partial charge is 0.476 e. The second kappa shape index (κ2) is 4.61. The highest BCUT2D eigenvalue weighted by Crippen LogP contribution is 2.37. The number of nitrogens with one attached hydrogen (secondary N) is 1. The molecule has 0 unspecified atom stereocenters. The van der Waals surface area contributed by atoms with Crippen LogP contribution in [0, 0.1) is 6.92 Å². The molecule has 0 aliphatic carbocycles. The smallest absolute Gasteiger partial charge is 0.355 e. The van der Waals surface area contributed by atoms with Crippen molar-refractivity contribution in [2.75, 3.05) is 16.8 Å². The van der Waals surface area contributed by atoms with Crippen LogP contribution < -0.4 is 10.2 Å². The van der Waals surface area contributed by atoms with Gasteiger partial charge in [-0.1, -0.05) is 12.1 Å². The minimum absolute atomic E-state index is 0.0356. The van der Waals surface area contributed by atoms with Crippen molar-refractivity contribution in [3.8, 4) is 0 Å². The number of carbonyl (C=O) groups is 2. The van der Waals surface area contributed by atoms with E-state index in [0.29, 0.717) is 15.7 Å². The van der Waals surface area contributed by atoms with Crippen LogP contribution in [0.3, 0.4) is 0 Å². The van der Waals surface area contributed by atoms with Crippen LogP contribution in [0.15, 0.2) is 24.3 Å². The van der Waals surface area contributed by atoms with Gasteiger partial charge < -0.3 is 15.3 Å². The van der Waals surface area contributed by atoms with Crippen molar-refractivity contribution < 1.29 is 14.7 Å². The molecule has 1 aliphatic heterocycles. The maximum absolute atomic E-state index is 11.7. The Labute approximate surface area is 118 Å². The highest BCUT2D eigenvalue weighted by atomic mass is 32.1. The maximum atomic E-state index is 11.7. The minimum Gasteiger partial charge on any atom is -0.476 e. The number of aryl methyl sites for hydroxylation is 1. The monoisotopic (exact) mass is 289 g/mol. The molecule has 0 saturated carbocycles. The Morgan fingerprint density at radius 2 is 2.20 bits per heavy atom. The molecule has 1 amide bonds. The molecular weight excluding hydrogens is 278 g/mol. The molecule has 3 rings (SSSR count). The Hall–Kier alpha value is -2.41. The number of amides is 1. The molecule has 20 heavy (non-hydrogen) atoms. The van der Waals surface area contributed by atoms with E-state index < -0.39 is 5.97 Å². The van der Waals surface area contributed by atoms with Gasteiger partial charge in [0.15, 0.2) is 10.8 Å². The summed E-state index contributed by atoms with van der Waals surface area (Å²) in [5.41, 5.74) is 1.56. The number of aromatic nitrogens is 1. The van der Waals surface area contributed by atoms with Gasteiger partial charge in [0.05, 0.1) is 11.4 Å². The van der Waals surface area contributed by atoms with E-state index in [9.17, 15) is 9.59 Å². The number of fused-ring (bicyclic) bond motifs is 1. The number of carboxylic acids is 1. The normalized spacial score (nSPS) is 13.8. The standard InChI is InChI=1S/C13H11N3O3S/c1-7-11(12(18)19)15-13(20-7)16-6-10(17)14-8-4-2-3-5-9(8)16/h2-5H,6H2,1H3,(H,14,17)(H,18,19). The summed E-state index contributed by atoms with van der Waals surface area (Å²) in [5.74, 6) is -1.20. The minimum atomic E-state index is -1.06. The number of para-hydroxylation sites is 2. The summed E-state index contributed by atoms with van der Waals surface area (Å²) in [4.78, 5) is 29.3. The lowest BCUT2D eigenvalue weighted by molar-refractivity contribution is -0.115. The van der Waals surface area contributed by atoms with Crippen molar-refractivity contribution in [3.05, 3.63) is 34.8 Å². The molecule has 0 radical (unpaired) electrons. The Morgan fingerprint density at radius 1 is 1.45 bits per heavy atom. The molecule has 2 heterocycles. The Balaban J connectivity index is 2.08. The zero-order valence-corrected chi connectivity index (χ0v) is 11.4. The van der Waals surface area contributed by atoms with Gasteiger partial charge in [0.2, 0.25) is 5.91 Å². The number of thiazole rings is 1. The van der Waals surface area contributed by atoms with E-state index in [1.165, 1.54) is 11.3 Å². The van der Waals surface area contributed by atoms with Gasteiger partial charge in [-0.05, 0) is 19.1 Å². The summed E-state index contributed by atoms with van der Waals surface area (Å²) in [7, 11) is 0. The van der Waals surface area contributed by atoms with Crippen molar-refractivity contribution in [1.29, 1.82) is 0 Å². The molecule has 1 aromatic heterocycles. The maximum Gasteiger partial charge on any atom is 0.355 e. The number of anilines is 3. The van der Waals surface area contributed by atoms with E-state index in [4.69, 9.17) is 5.11 Å². The number of carboxylic acid groups (broad SMARTS) is 1. The first kappa shape index (κ1) is 12.6. The summed E-state index contributed by atoms with van der Waals surface area (Å²) in [6, 6.07) is 7.37. The zero-order chi connectivity index (χ0) is 14.3. The fourth-order valence-electron chi connectivity index (χ4n) is 2.10. The van der Waals surface area contributed by atoms with E-state index in [0.717, 1.165) is 5.69 Å². The van der Waals surface area contributed by atoms with Crippen molar-refractivity contribution >= 4 is 39.7 Å². The van der Waals surface area contributed by atoms with Crippen molar-refractivity contribution in [1.82, 2.24) is 4.98 Å². The van der Waals surface area contributed by atoms with E-state index in [1.807, 2.05) is 18.2 Å². The van der Waals surface area contributed by atoms with Crippen molar-refractivity contribution in [2.24, 2.45) is 0 Å². The van der Waals surface area contributed by atoms with Gasteiger partial charge >= 0.3 is 5.97 Å². The lowest BCUT2D eigenvalue weighted by Gasteiger charge is -2.28. The number of carbonyl (C=O) groups excluding carboxylic acids is 1. The topological polar surface area (TPSA) is 82.5 Å². The molecule has 0 spiro atoms. The molecule has 102 valence electrons. The quantitative estimate of drug-likeness (QED) is 0.886. The zero-order valence-electron chi connectivity index (χ0n) is 10.6. The molecule has 2 N–H and O–H groups in total. The third-order valence-electron chi connectivity index (χ3n) is 2.99. The SMILES string of the molecule is Cc1sc(N2CC(=O)Nc3ccccc32)nc1C(=O)O. The van der Waals surface area contributed by atoms with E-state index in [2.05, 4.69) is 10.3 Å². The number of aromatic carboxylic acids is 1. The predicted molar refractivity (Wildman–Crippen MR) is 75.9 cm³/mol. The first-order valence-corrected chi connectivity index (χ1v) is 6.75. The number of rotatable bonds is 2. The van der Waals surface area contributed by atoms with Crippen LogP contribution in [0.25, 0.3) is 0 Å². The van der Waals surface area contributed by atoms with Gasteiger partial charge in [-0.15, -0.1) is 11.3 Å².